The molecule has 1 aromatic heterocycles. The van der Waals surface area contributed by atoms with Gasteiger partial charge in [-0.2, -0.15) is 4.68 Å². The van der Waals surface area contributed by atoms with Gasteiger partial charge in [-0.25, -0.2) is 0 Å². The van der Waals surface area contributed by atoms with Gasteiger partial charge in [-0.15, -0.1) is 5.10 Å². The molecule has 3 aromatic rings. The van der Waals surface area contributed by atoms with Gasteiger partial charge >= 0.3 is 0 Å². The van der Waals surface area contributed by atoms with E-state index in [0.29, 0.717) is 11.1 Å². The van der Waals surface area contributed by atoms with Crippen LogP contribution in [-0.2, 0) is 4.79 Å². The van der Waals surface area contributed by atoms with Crippen LogP contribution in [-0.4, -0.2) is 31.4 Å². The second-order valence-electron chi connectivity index (χ2n) is 6.74. The van der Waals surface area contributed by atoms with Gasteiger partial charge in [0.25, 0.3) is 0 Å². The molecule has 0 aliphatic heterocycles. The maximum Gasteiger partial charge on any atom is 0.237 e. The summed E-state index contributed by atoms with van der Waals surface area (Å²) in [6, 6.07) is 15.9. The van der Waals surface area contributed by atoms with Crippen molar-refractivity contribution in [2.45, 2.75) is 44.0 Å². The van der Waals surface area contributed by atoms with E-state index in [-0.39, 0.29) is 11.2 Å². The molecule has 0 saturated carbocycles. The number of anilines is 1. The number of carbonyl (C=O) groups excluding carboxylic acids is 1. The van der Waals surface area contributed by atoms with E-state index in [1.54, 1.807) is 4.68 Å². The van der Waals surface area contributed by atoms with Gasteiger partial charge < -0.3 is 5.32 Å². The smallest absolute Gasteiger partial charge is 0.237 e. The Balaban J connectivity index is 1.71. The van der Waals surface area contributed by atoms with Crippen molar-refractivity contribution in [2.75, 3.05) is 5.32 Å². The number of hydrogen-bond donors (Lipinski definition) is 1. The highest BCUT2D eigenvalue weighted by Gasteiger charge is 2.19. The van der Waals surface area contributed by atoms with E-state index in [0.717, 1.165) is 16.9 Å². The minimum absolute atomic E-state index is 0.0877. The van der Waals surface area contributed by atoms with Crippen molar-refractivity contribution in [1.82, 2.24) is 20.2 Å². The molecule has 1 atom stereocenters. The Morgan fingerprint density at radius 3 is 2.52 bits per heavy atom. The van der Waals surface area contributed by atoms with Gasteiger partial charge in [0.1, 0.15) is 0 Å². The first-order chi connectivity index (χ1) is 12.9. The standard InChI is InChI=1S/C20H23N5OS/c1-13(2)16-8-10-18(11-9-16)25-20(22-23-24-25)27-15(4)19(26)21-17-7-5-6-14(3)12-17/h5-13,15H,1-4H3,(H,21,26)/t15-/m0/s1. The maximum absolute atomic E-state index is 12.5. The van der Waals surface area contributed by atoms with Crippen LogP contribution >= 0.6 is 11.8 Å². The number of amides is 1. The van der Waals surface area contributed by atoms with Crippen LogP contribution in [0.1, 0.15) is 37.8 Å². The molecular weight excluding hydrogens is 358 g/mol. The molecule has 6 nitrogen and oxygen atoms in total. The Kier molecular flexibility index (Phi) is 5.91. The van der Waals surface area contributed by atoms with Crippen molar-refractivity contribution in [1.29, 1.82) is 0 Å². The highest BCUT2D eigenvalue weighted by Crippen LogP contribution is 2.25. The zero-order chi connectivity index (χ0) is 19.4. The molecule has 1 N–H and O–H groups in total. The number of nitrogens with zero attached hydrogens (tertiary/aromatic N) is 4. The summed E-state index contributed by atoms with van der Waals surface area (Å²) >= 11 is 1.33. The minimum Gasteiger partial charge on any atom is -0.325 e. The number of aryl methyl sites for hydroxylation is 1. The van der Waals surface area contributed by atoms with E-state index in [2.05, 4.69) is 46.8 Å². The fourth-order valence-electron chi connectivity index (χ4n) is 2.59. The van der Waals surface area contributed by atoms with Gasteiger partial charge in [-0.05, 0) is 65.6 Å². The fraction of sp³-hybridized carbons (Fsp3) is 0.300. The van der Waals surface area contributed by atoms with E-state index in [9.17, 15) is 4.79 Å². The van der Waals surface area contributed by atoms with Crippen LogP contribution < -0.4 is 5.32 Å². The number of carbonyl (C=O) groups is 1. The van der Waals surface area contributed by atoms with E-state index < -0.39 is 0 Å². The molecule has 0 fully saturated rings. The number of rotatable bonds is 6. The van der Waals surface area contributed by atoms with Gasteiger partial charge in [0, 0.05) is 5.69 Å². The Morgan fingerprint density at radius 1 is 1.11 bits per heavy atom. The lowest BCUT2D eigenvalue weighted by molar-refractivity contribution is -0.115. The molecule has 0 spiro atoms. The topological polar surface area (TPSA) is 72.7 Å². The number of thioether (sulfide) groups is 1. The lowest BCUT2D eigenvalue weighted by atomic mass is 10.0. The molecule has 0 saturated heterocycles. The van der Waals surface area contributed by atoms with Gasteiger partial charge in [0.05, 0.1) is 10.9 Å². The summed E-state index contributed by atoms with van der Waals surface area (Å²) in [5.74, 6) is 0.377. The van der Waals surface area contributed by atoms with Crippen LogP contribution in [0, 0.1) is 6.92 Å². The lowest BCUT2D eigenvalue weighted by Gasteiger charge is -2.12. The number of aromatic nitrogens is 4. The Hall–Kier alpha value is -2.67. The Bertz CT molecular complexity index is 920. The second-order valence-corrected chi connectivity index (χ2v) is 8.05. The van der Waals surface area contributed by atoms with E-state index in [4.69, 9.17) is 0 Å². The fourth-order valence-corrected chi connectivity index (χ4v) is 3.40. The molecule has 27 heavy (non-hydrogen) atoms. The molecule has 7 heteroatoms. The second kappa shape index (κ2) is 8.35. The minimum atomic E-state index is -0.342. The highest BCUT2D eigenvalue weighted by molar-refractivity contribution is 8.00. The molecule has 0 bridgehead atoms. The normalized spacial score (nSPS) is 12.2. The van der Waals surface area contributed by atoms with Crippen LogP contribution in [0.15, 0.2) is 53.7 Å². The molecule has 0 radical (unpaired) electrons. The Morgan fingerprint density at radius 2 is 1.85 bits per heavy atom. The van der Waals surface area contributed by atoms with Crippen molar-refractivity contribution < 1.29 is 4.79 Å². The number of nitrogens with one attached hydrogen (secondary N) is 1. The molecule has 0 aliphatic carbocycles. The van der Waals surface area contributed by atoms with Crippen LogP contribution in [0.5, 0.6) is 0 Å². The lowest BCUT2D eigenvalue weighted by Crippen LogP contribution is -2.23. The van der Waals surface area contributed by atoms with Crippen LogP contribution in [0.2, 0.25) is 0 Å². The summed E-state index contributed by atoms with van der Waals surface area (Å²) in [6.07, 6.45) is 0. The SMILES string of the molecule is Cc1cccc(NC(=O)[C@H](C)Sc2nnnn2-c2ccc(C(C)C)cc2)c1. The summed E-state index contributed by atoms with van der Waals surface area (Å²) in [4.78, 5) is 12.5. The third-order valence-corrected chi connectivity index (χ3v) is 5.22. The van der Waals surface area contributed by atoms with Gasteiger partial charge in [-0.1, -0.05) is 49.9 Å². The monoisotopic (exact) mass is 381 g/mol. The molecule has 2 aromatic carbocycles. The maximum atomic E-state index is 12.5. The molecule has 1 amide bonds. The summed E-state index contributed by atoms with van der Waals surface area (Å²) in [5.41, 5.74) is 4.02. The van der Waals surface area contributed by atoms with Crippen molar-refractivity contribution in [3.8, 4) is 5.69 Å². The third kappa shape index (κ3) is 4.74. The zero-order valence-corrected chi connectivity index (χ0v) is 16.7. The number of tetrazole rings is 1. The predicted molar refractivity (Wildman–Crippen MR) is 108 cm³/mol. The average Bonchev–Trinajstić information content (AvgIpc) is 3.09. The summed E-state index contributed by atoms with van der Waals surface area (Å²) in [5, 5.41) is 15.1. The van der Waals surface area contributed by atoms with Gasteiger partial charge in [-0.3, -0.25) is 4.79 Å². The van der Waals surface area contributed by atoms with Crippen molar-refractivity contribution in [2.24, 2.45) is 0 Å². The average molecular weight is 382 g/mol. The summed E-state index contributed by atoms with van der Waals surface area (Å²) in [6.45, 7) is 8.15. The Labute approximate surface area is 163 Å². The first kappa shape index (κ1) is 19.1. The van der Waals surface area contributed by atoms with E-state index >= 15 is 0 Å². The van der Waals surface area contributed by atoms with Crippen molar-refractivity contribution in [3.63, 3.8) is 0 Å². The van der Waals surface area contributed by atoms with Crippen LogP contribution in [0.4, 0.5) is 5.69 Å². The first-order valence-electron chi connectivity index (χ1n) is 8.87. The zero-order valence-electron chi connectivity index (χ0n) is 15.9. The van der Waals surface area contributed by atoms with Crippen LogP contribution in [0.3, 0.4) is 0 Å². The van der Waals surface area contributed by atoms with Gasteiger partial charge in [0.15, 0.2) is 0 Å². The van der Waals surface area contributed by atoms with E-state index in [1.165, 1.54) is 17.3 Å². The van der Waals surface area contributed by atoms with E-state index in [1.807, 2.05) is 50.2 Å². The third-order valence-electron chi connectivity index (χ3n) is 4.18. The molecule has 3 rings (SSSR count). The molecule has 0 aliphatic rings. The van der Waals surface area contributed by atoms with Crippen molar-refractivity contribution >= 4 is 23.4 Å². The number of hydrogen-bond acceptors (Lipinski definition) is 5. The van der Waals surface area contributed by atoms with Crippen LogP contribution in [0.25, 0.3) is 5.69 Å². The predicted octanol–water partition coefficient (Wildman–Crippen LogP) is 4.21. The largest absolute Gasteiger partial charge is 0.325 e. The van der Waals surface area contributed by atoms with Crippen molar-refractivity contribution in [3.05, 3.63) is 59.7 Å². The molecule has 1 heterocycles. The highest BCUT2D eigenvalue weighted by atomic mass is 32.2. The number of benzene rings is 2. The molecule has 0 unspecified atom stereocenters. The first-order valence-corrected chi connectivity index (χ1v) is 9.75. The molecule has 140 valence electrons. The summed E-state index contributed by atoms with van der Waals surface area (Å²) in [7, 11) is 0. The quantitative estimate of drug-likeness (QED) is 0.648. The van der Waals surface area contributed by atoms with Gasteiger partial charge in [0.2, 0.25) is 11.1 Å². The summed E-state index contributed by atoms with van der Waals surface area (Å²) < 4.78 is 1.66. The molecular formula is C20H23N5OS.